The first-order valence-electron chi connectivity index (χ1n) is 13.8. The van der Waals surface area contributed by atoms with Crippen molar-refractivity contribution in [2.24, 2.45) is 11.7 Å². The zero-order valence-electron chi connectivity index (χ0n) is 22.7. The van der Waals surface area contributed by atoms with E-state index in [2.05, 4.69) is 27.3 Å². The average molecular weight is 534 g/mol. The van der Waals surface area contributed by atoms with Gasteiger partial charge in [-0.05, 0) is 36.6 Å². The van der Waals surface area contributed by atoms with E-state index in [0.717, 1.165) is 41.5 Å². The number of para-hydroxylation sites is 2. The van der Waals surface area contributed by atoms with Crippen LogP contribution in [0.2, 0.25) is 0 Å². The van der Waals surface area contributed by atoms with Crippen LogP contribution in [0.5, 0.6) is 0 Å². The summed E-state index contributed by atoms with van der Waals surface area (Å²) in [4.78, 5) is 34.8. The fourth-order valence-electron chi connectivity index (χ4n) is 5.60. The number of aromatic amines is 1. The van der Waals surface area contributed by atoms with Crippen molar-refractivity contribution in [1.82, 2.24) is 15.2 Å². The van der Waals surface area contributed by atoms with Crippen LogP contribution in [0, 0.1) is 5.92 Å². The molecule has 2 saturated heterocycles. The molecule has 3 atom stereocenters. The lowest BCUT2D eigenvalue weighted by atomic mass is 9.90. The van der Waals surface area contributed by atoms with Gasteiger partial charge >= 0.3 is 0 Å². The van der Waals surface area contributed by atoms with Crippen LogP contribution in [0.15, 0.2) is 60.8 Å². The van der Waals surface area contributed by atoms with Crippen molar-refractivity contribution in [3.05, 3.63) is 66.4 Å². The summed E-state index contributed by atoms with van der Waals surface area (Å²) in [5, 5.41) is 4.21. The Bertz CT molecular complexity index is 1260. The largest absolute Gasteiger partial charge is 0.371 e. The van der Waals surface area contributed by atoms with Crippen LogP contribution >= 0.6 is 0 Å². The molecule has 3 heterocycles. The van der Waals surface area contributed by atoms with E-state index in [1.807, 2.05) is 55.6 Å². The molecule has 2 aliphatic rings. The summed E-state index contributed by atoms with van der Waals surface area (Å²) in [5.74, 6) is -0.749. The standard InChI is InChI=1S/C30H39N5O4/c1-20(25-15-32-26-13-7-6-12-24(25)26)28(30(37)34(2)17-27-38-18-22(31)19-39-27)33-29(36)21-9-8-14-35(16-21)23-10-4-3-5-11-23/h3-7,10-13,15,20-22,27-28,32H,8-9,14,16-19,31H2,1-2H3,(H,33,36)/t20-,21?,22?,27?,28+/m0/s1. The van der Waals surface area contributed by atoms with Gasteiger partial charge in [-0.15, -0.1) is 0 Å². The fraction of sp³-hybridized carbons (Fsp3) is 0.467. The molecule has 2 fully saturated rings. The molecule has 5 rings (SSSR count). The lowest BCUT2D eigenvalue weighted by molar-refractivity contribution is -0.193. The van der Waals surface area contributed by atoms with Gasteiger partial charge in [0.2, 0.25) is 11.8 Å². The van der Waals surface area contributed by atoms with Gasteiger partial charge in [-0.3, -0.25) is 9.59 Å². The highest BCUT2D eigenvalue weighted by Crippen LogP contribution is 2.30. The van der Waals surface area contributed by atoms with Crippen molar-refractivity contribution in [3.8, 4) is 0 Å². The minimum atomic E-state index is -0.750. The first-order chi connectivity index (χ1) is 18.9. The zero-order chi connectivity index (χ0) is 27.4. The highest BCUT2D eigenvalue weighted by Gasteiger charge is 2.36. The van der Waals surface area contributed by atoms with E-state index in [0.29, 0.717) is 19.8 Å². The summed E-state index contributed by atoms with van der Waals surface area (Å²) in [6.07, 6.45) is 3.10. The van der Waals surface area contributed by atoms with Gasteiger partial charge in [0, 0.05) is 48.8 Å². The van der Waals surface area contributed by atoms with Gasteiger partial charge in [-0.25, -0.2) is 0 Å². The molecule has 2 aliphatic heterocycles. The van der Waals surface area contributed by atoms with Gasteiger partial charge in [-0.1, -0.05) is 43.3 Å². The monoisotopic (exact) mass is 533 g/mol. The van der Waals surface area contributed by atoms with Gasteiger partial charge in [0.25, 0.3) is 0 Å². The van der Waals surface area contributed by atoms with E-state index >= 15 is 0 Å². The van der Waals surface area contributed by atoms with Crippen molar-refractivity contribution in [1.29, 1.82) is 0 Å². The molecule has 1 unspecified atom stereocenters. The van der Waals surface area contributed by atoms with E-state index < -0.39 is 12.3 Å². The molecular weight excluding hydrogens is 494 g/mol. The Kier molecular flexibility index (Phi) is 8.50. The number of nitrogens with two attached hydrogens (primary N) is 1. The summed E-state index contributed by atoms with van der Waals surface area (Å²) in [7, 11) is 1.72. The molecule has 0 bridgehead atoms. The highest BCUT2D eigenvalue weighted by molar-refractivity contribution is 5.91. The summed E-state index contributed by atoms with van der Waals surface area (Å²) in [6.45, 7) is 4.56. The number of ether oxygens (including phenoxy) is 2. The van der Waals surface area contributed by atoms with E-state index in [1.165, 1.54) is 0 Å². The molecule has 0 spiro atoms. The maximum absolute atomic E-state index is 13.9. The minimum absolute atomic E-state index is 0.0924. The Morgan fingerprint density at radius 1 is 1.13 bits per heavy atom. The third-order valence-electron chi connectivity index (χ3n) is 7.88. The number of hydrogen-bond acceptors (Lipinski definition) is 6. The third-order valence-corrected chi connectivity index (χ3v) is 7.88. The zero-order valence-corrected chi connectivity index (χ0v) is 22.7. The first kappa shape index (κ1) is 27.2. The van der Waals surface area contributed by atoms with E-state index in [-0.39, 0.29) is 36.2 Å². The molecule has 4 N–H and O–H groups in total. The minimum Gasteiger partial charge on any atom is -0.371 e. The van der Waals surface area contributed by atoms with E-state index in [1.54, 1.807) is 11.9 Å². The molecule has 3 aromatic rings. The number of H-pyrrole nitrogens is 1. The molecule has 2 amide bonds. The molecule has 208 valence electrons. The first-order valence-corrected chi connectivity index (χ1v) is 13.8. The van der Waals surface area contributed by atoms with Crippen LogP contribution in [0.4, 0.5) is 5.69 Å². The topological polar surface area (TPSA) is 113 Å². The third kappa shape index (κ3) is 6.27. The molecule has 1 aromatic heterocycles. The molecule has 2 aromatic carbocycles. The van der Waals surface area contributed by atoms with Crippen molar-refractivity contribution in [2.75, 3.05) is 44.8 Å². The van der Waals surface area contributed by atoms with Crippen molar-refractivity contribution in [2.45, 2.75) is 44.1 Å². The Morgan fingerprint density at radius 3 is 2.62 bits per heavy atom. The maximum Gasteiger partial charge on any atom is 0.245 e. The smallest absolute Gasteiger partial charge is 0.245 e. The molecule has 9 nitrogen and oxygen atoms in total. The van der Waals surface area contributed by atoms with E-state index in [4.69, 9.17) is 15.2 Å². The molecule has 0 saturated carbocycles. The van der Waals surface area contributed by atoms with Crippen molar-refractivity contribution < 1.29 is 19.1 Å². The van der Waals surface area contributed by atoms with Gasteiger partial charge in [0.1, 0.15) is 6.04 Å². The van der Waals surface area contributed by atoms with Crippen LogP contribution in [-0.2, 0) is 19.1 Å². The molecule has 0 radical (unpaired) electrons. The molecule has 9 heteroatoms. The second-order valence-corrected chi connectivity index (χ2v) is 10.8. The summed E-state index contributed by atoms with van der Waals surface area (Å²) in [6, 6.07) is 17.3. The Balaban J connectivity index is 1.34. The number of rotatable bonds is 8. The number of carbonyl (C=O) groups excluding carboxylic acids is 2. The number of hydrogen-bond donors (Lipinski definition) is 3. The SMILES string of the molecule is C[C@@H](c1c[nH]c2ccccc12)[C@@H](NC(=O)C1CCCN(c2ccccc2)C1)C(=O)N(C)CC1OCC(N)CO1. The Morgan fingerprint density at radius 2 is 1.85 bits per heavy atom. The van der Waals surface area contributed by atoms with Crippen LogP contribution in [-0.4, -0.2) is 80.0 Å². The summed E-state index contributed by atoms with van der Waals surface area (Å²) in [5.41, 5.74) is 8.96. The number of piperidine rings is 1. The number of aromatic nitrogens is 1. The fourth-order valence-corrected chi connectivity index (χ4v) is 5.60. The van der Waals surface area contributed by atoms with Gasteiger partial charge in [0.05, 0.1) is 31.7 Å². The van der Waals surface area contributed by atoms with Crippen LogP contribution in [0.1, 0.15) is 31.2 Å². The van der Waals surface area contributed by atoms with Gasteiger partial charge in [0.15, 0.2) is 6.29 Å². The Labute approximate surface area is 229 Å². The number of fused-ring (bicyclic) bond motifs is 1. The van der Waals surface area contributed by atoms with Crippen LogP contribution in [0.3, 0.4) is 0 Å². The number of carbonyl (C=O) groups is 2. The van der Waals surface area contributed by atoms with Crippen LogP contribution < -0.4 is 16.0 Å². The highest BCUT2D eigenvalue weighted by atomic mass is 16.7. The van der Waals surface area contributed by atoms with Gasteiger partial charge < -0.3 is 35.3 Å². The van der Waals surface area contributed by atoms with E-state index in [9.17, 15) is 9.59 Å². The lowest BCUT2D eigenvalue weighted by Gasteiger charge is -2.36. The second-order valence-electron chi connectivity index (χ2n) is 10.8. The van der Waals surface area contributed by atoms with Crippen molar-refractivity contribution >= 4 is 28.4 Å². The van der Waals surface area contributed by atoms with Crippen molar-refractivity contribution in [3.63, 3.8) is 0 Å². The molecular formula is C30H39N5O4. The average Bonchev–Trinajstić information content (AvgIpc) is 3.41. The quantitative estimate of drug-likeness (QED) is 0.411. The lowest BCUT2D eigenvalue weighted by Crippen LogP contribution is -2.55. The predicted molar refractivity (Wildman–Crippen MR) is 151 cm³/mol. The second kappa shape index (κ2) is 12.2. The Hall–Kier alpha value is -3.40. The predicted octanol–water partition coefficient (Wildman–Crippen LogP) is 2.83. The summed E-state index contributed by atoms with van der Waals surface area (Å²) < 4.78 is 11.3. The van der Waals surface area contributed by atoms with Crippen LogP contribution in [0.25, 0.3) is 10.9 Å². The number of likely N-dealkylation sites (N-methyl/N-ethyl adjacent to an activating group) is 1. The van der Waals surface area contributed by atoms with Gasteiger partial charge in [-0.2, -0.15) is 0 Å². The number of nitrogens with one attached hydrogen (secondary N) is 2. The summed E-state index contributed by atoms with van der Waals surface area (Å²) >= 11 is 0. The maximum atomic E-state index is 13.9. The number of benzene rings is 2. The normalized spacial score (nSPS) is 23.3. The number of anilines is 1. The molecule has 0 aliphatic carbocycles. The molecule has 39 heavy (non-hydrogen) atoms. The number of amides is 2. The number of nitrogens with zero attached hydrogens (tertiary/aromatic N) is 2.